The Labute approximate surface area is 154 Å². The largest absolute Gasteiger partial charge is 0.497 e. The molecule has 0 spiro atoms. The molecule has 0 amide bonds. The number of ether oxygens (including phenoxy) is 1. The van der Waals surface area contributed by atoms with Crippen LogP contribution in [0.15, 0.2) is 35.6 Å². The summed E-state index contributed by atoms with van der Waals surface area (Å²) in [6, 6.07) is 8.56. The summed E-state index contributed by atoms with van der Waals surface area (Å²) in [7, 11) is 5.37. The molecule has 1 saturated heterocycles. The van der Waals surface area contributed by atoms with Gasteiger partial charge in [-0.2, -0.15) is 5.10 Å². The van der Waals surface area contributed by atoms with Crippen molar-refractivity contribution in [3.63, 3.8) is 0 Å². The SMILES string of the molecule is CN=C(NCc1ncnn1C)NC1CCCN(c2cccc(OC)c2)C1. The molecule has 1 aromatic carbocycles. The van der Waals surface area contributed by atoms with E-state index in [1.54, 1.807) is 25.2 Å². The summed E-state index contributed by atoms with van der Waals surface area (Å²) in [5.74, 6) is 2.54. The summed E-state index contributed by atoms with van der Waals surface area (Å²) < 4.78 is 7.10. The van der Waals surface area contributed by atoms with Crippen molar-refractivity contribution in [3.8, 4) is 5.75 Å². The molecular formula is C18H27N7O. The van der Waals surface area contributed by atoms with Crippen LogP contribution in [-0.4, -0.2) is 54.0 Å². The first-order valence-corrected chi connectivity index (χ1v) is 8.88. The third-order valence-electron chi connectivity index (χ3n) is 4.62. The van der Waals surface area contributed by atoms with Crippen LogP contribution >= 0.6 is 0 Å². The molecule has 0 aliphatic carbocycles. The van der Waals surface area contributed by atoms with Gasteiger partial charge >= 0.3 is 0 Å². The zero-order chi connectivity index (χ0) is 18.4. The van der Waals surface area contributed by atoms with Gasteiger partial charge < -0.3 is 20.3 Å². The Morgan fingerprint density at radius 1 is 1.42 bits per heavy atom. The molecule has 2 heterocycles. The summed E-state index contributed by atoms with van der Waals surface area (Å²) in [4.78, 5) is 10.9. The van der Waals surface area contributed by atoms with E-state index in [-0.39, 0.29) is 0 Å². The van der Waals surface area contributed by atoms with Crippen molar-refractivity contribution < 1.29 is 4.74 Å². The maximum absolute atomic E-state index is 5.35. The lowest BCUT2D eigenvalue weighted by Gasteiger charge is -2.35. The number of nitrogens with one attached hydrogen (secondary N) is 2. The predicted octanol–water partition coefficient (Wildman–Crippen LogP) is 1.16. The van der Waals surface area contributed by atoms with Gasteiger partial charge in [0.15, 0.2) is 5.96 Å². The Kier molecular flexibility index (Phi) is 5.93. The normalized spacial score (nSPS) is 17.9. The quantitative estimate of drug-likeness (QED) is 0.617. The molecule has 2 N–H and O–H groups in total. The number of guanidine groups is 1. The van der Waals surface area contributed by atoms with Crippen LogP contribution in [0.2, 0.25) is 0 Å². The number of rotatable bonds is 5. The molecule has 1 unspecified atom stereocenters. The fraction of sp³-hybridized carbons (Fsp3) is 0.500. The number of aliphatic imine (C=N–C) groups is 1. The summed E-state index contributed by atoms with van der Waals surface area (Å²) in [6.07, 6.45) is 3.81. The molecule has 1 atom stereocenters. The zero-order valence-electron chi connectivity index (χ0n) is 15.6. The molecule has 8 heteroatoms. The fourth-order valence-electron chi connectivity index (χ4n) is 3.17. The van der Waals surface area contributed by atoms with E-state index >= 15 is 0 Å². The summed E-state index contributed by atoms with van der Waals surface area (Å²) in [5.41, 5.74) is 1.19. The second kappa shape index (κ2) is 8.55. The Morgan fingerprint density at radius 3 is 3.04 bits per heavy atom. The van der Waals surface area contributed by atoms with Gasteiger partial charge in [-0.3, -0.25) is 9.67 Å². The second-order valence-corrected chi connectivity index (χ2v) is 6.36. The third-order valence-corrected chi connectivity index (χ3v) is 4.62. The lowest BCUT2D eigenvalue weighted by Crippen LogP contribution is -2.51. The lowest BCUT2D eigenvalue weighted by atomic mass is 10.0. The van der Waals surface area contributed by atoms with E-state index < -0.39 is 0 Å². The van der Waals surface area contributed by atoms with Gasteiger partial charge in [0.1, 0.15) is 17.9 Å². The van der Waals surface area contributed by atoms with E-state index in [2.05, 4.69) is 42.7 Å². The molecule has 0 bridgehead atoms. The Morgan fingerprint density at radius 2 is 2.31 bits per heavy atom. The van der Waals surface area contributed by atoms with E-state index in [4.69, 9.17) is 4.74 Å². The van der Waals surface area contributed by atoms with Crippen LogP contribution in [0.4, 0.5) is 5.69 Å². The maximum Gasteiger partial charge on any atom is 0.191 e. The summed E-state index contributed by atoms with van der Waals surface area (Å²) >= 11 is 0. The second-order valence-electron chi connectivity index (χ2n) is 6.36. The number of nitrogens with zero attached hydrogens (tertiary/aromatic N) is 5. The smallest absolute Gasteiger partial charge is 0.191 e. The van der Waals surface area contributed by atoms with Gasteiger partial charge in [-0.05, 0) is 25.0 Å². The molecule has 1 aromatic heterocycles. The molecule has 140 valence electrons. The summed E-state index contributed by atoms with van der Waals surface area (Å²) in [5, 5.41) is 10.9. The van der Waals surface area contributed by atoms with E-state index in [1.165, 1.54) is 5.69 Å². The van der Waals surface area contributed by atoms with E-state index in [9.17, 15) is 0 Å². The molecule has 0 radical (unpaired) electrons. The molecule has 1 fully saturated rings. The molecule has 1 aliphatic rings. The van der Waals surface area contributed by atoms with Crippen molar-refractivity contribution in [3.05, 3.63) is 36.4 Å². The standard InChI is InChI=1S/C18H27N7O/c1-19-18(20-11-17-21-13-22-24(17)2)23-14-6-5-9-25(12-14)15-7-4-8-16(10-15)26-3/h4,7-8,10,13-14H,5-6,9,11-12H2,1-3H3,(H2,19,20,23). The van der Waals surface area contributed by atoms with E-state index in [0.717, 1.165) is 43.5 Å². The number of hydrogen-bond donors (Lipinski definition) is 2. The predicted molar refractivity (Wildman–Crippen MR) is 103 cm³/mol. The van der Waals surface area contributed by atoms with Gasteiger partial charge in [-0.25, -0.2) is 4.98 Å². The number of methoxy groups -OCH3 is 1. The van der Waals surface area contributed by atoms with Crippen LogP contribution in [0.5, 0.6) is 5.75 Å². The first-order valence-electron chi connectivity index (χ1n) is 8.88. The van der Waals surface area contributed by atoms with Crippen molar-refractivity contribution in [1.82, 2.24) is 25.4 Å². The van der Waals surface area contributed by atoms with Crippen molar-refractivity contribution >= 4 is 11.6 Å². The van der Waals surface area contributed by atoms with Crippen LogP contribution < -0.4 is 20.3 Å². The number of hydrogen-bond acceptors (Lipinski definition) is 5. The van der Waals surface area contributed by atoms with Crippen molar-refractivity contribution in [2.75, 3.05) is 32.1 Å². The number of anilines is 1. The molecule has 2 aromatic rings. The molecule has 0 saturated carbocycles. The minimum absolute atomic E-state index is 0.334. The minimum atomic E-state index is 0.334. The highest BCUT2D eigenvalue weighted by molar-refractivity contribution is 5.80. The average molecular weight is 357 g/mol. The van der Waals surface area contributed by atoms with Crippen molar-refractivity contribution in [2.24, 2.45) is 12.0 Å². The van der Waals surface area contributed by atoms with Crippen molar-refractivity contribution in [2.45, 2.75) is 25.4 Å². The van der Waals surface area contributed by atoms with Crippen molar-refractivity contribution in [1.29, 1.82) is 0 Å². The molecule has 3 rings (SSSR count). The lowest BCUT2D eigenvalue weighted by molar-refractivity contribution is 0.414. The molecule has 1 aliphatic heterocycles. The van der Waals surface area contributed by atoms with Crippen LogP contribution in [0, 0.1) is 0 Å². The molecule has 8 nitrogen and oxygen atoms in total. The average Bonchev–Trinajstić information content (AvgIpc) is 3.10. The number of benzene rings is 1. The first-order chi connectivity index (χ1) is 12.7. The summed E-state index contributed by atoms with van der Waals surface area (Å²) in [6.45, 7) is 2.57. The first kappa shape index (κ1) is 18.0. The van der Waals surface area contributed by atoms with Crippen LogP contribution in [0.3, 0.4) is 0 Å². The molecular weight excluding hydrogens is 330 g/mol. The Hall–Kier alpha value is -2.77. The highest BCUT2D eigenvalue weighted by Gasteiger charge is 2.21. The van der Waals surface area contributed by atoms with E-state index in [1.807, 2.05) is 19.2 Å². The maximum atomic E-state index is 5.35. The van der Waals surface area contributed by atoms with Gasteiger partial charge in [-0.15, -0.1) is 0 Å². The minimum Gasteiger partial charge on any atom is -0.497 e. The third kappa shape index (κ3) is 4.44. The van der Waals surface area contributed by atoms with Gasteiger partial charge in [-0.1, -0.05) is 6.07 Å². The van der Waals surface area contributed by atoms with Gasteiger partial charge in [0.05, 0.1) is 13.7 Å². The van der Waals surface area contributed by atoms with Gasteiger partial charge in [0.25, 0.3) is 0 Å². The number of piperidine rings is 1. The van der Waals surface area contributed by atoms with Gasteiger partial charge in [0, 0.05) is 45.0 Å². The highest BCUT2D eigenvalue weighted by atomic mass is 16.5. The fourth-order valence-corrected chi connectivity index (χ4v) is 3.17. The van der Waals surface area contributed by atoms with E-state index in [0.29, 0.717) is 12.6 Å². The number of aryl methyl sites for hydroxylation is 1. The Balaban J connectivity index is 1.57. The Bertz CT molecular complexity index is 743. The topological polar surface area (TPSA) is 79.6 Å². The van der Waals surface area contributed by atoms with Crippen LogP contribution in [-0.2, 0) is 13.6 Å². The van der Waals surface area contributed by atoms with Crippen LogP contribution in [0.25, 0.3) is 0 Å². The monoisotopic (exact) mass is 357 g/mol. The highest BCUT2D eigenvalue weighted by Crippen LogP contribution is 2.24. The number of aromatic nitrogens is 3. The molecule has 26 heavy (non-hydrogen) atoms. The van der Waals surface area contributed by atoms with Crippen LogP contribution in [0.1, 0.15) is 18.7 Å². The van der Waals surface area contributed by atoms with Gasteiger partial charge in [0.2, 0.25) is 0 Å². The zero-order valence-corrected chi connectivity index (χ0v) is 15.6.